The van der Waals surface area contributed by atoms with Crippen molar-refractivity contribution in [1.29, 1.82) is 0 Å². The third-order valence-corrected chi connectivity index (χ3v) is 3.35. The van der Waals surface area contributed by atoms with Crippen molar-refractivity contribution in [2.75, 3.05) is 6.54 Å². The Bertz CT molecular complexity index is 529. The van der Waals surface area contributed by atoms with Crippen molar-refractivity contribution >= 4 is 0 Å². The fourth-order valence-electron chi connectivity index (χ4n) is 2.24. The van der Waals surface area contributed by atoms with Crippen molar-refractivity contribution in [3.05, 3.63) is 41.7 Å². The van der Waals surface area contributed by atoms with Crippen LogP contribution in [0.3, 0.4) is 0 Å². The molecule has 2 rings (SSSR count). The summed E-state index contributed by atoms with van der Waals surface area (Å²) < 4.78 is 2.19. The molecule has 0 atom stereocenters. The Morgan fingerprint density at radius 1 is 1.26 bits per heavy atom. The molecule has 2 aromatic rings. The summed E-state index contributed by atoms with van der Waals surface area (Å²) in [7, 11) is 0. The van der Waals surface area contributed by atoms with Gasteiger partial charge in [-0.05, 0) is 44.0 Å². The standard InChI is InChI=1S/C16H23N3/c1-4-8-17-12-14-7-6-13(3)15(11-14)16-18-9-10-19(16)5-2/h6-7,9-11,17H,4-5,8,12H2,1-3H3. The molecule has 0 aliphatic rings. The van der Waals surface area contributed by atoms with Crippen LogP contribution in [0.15, 0.2) is 30.6 Å². The molecule has 102 valence electrons. The van der Waals surface area contributed by atoms with Crippen LogP contribution in [-0.4, -0.2) is 16.1 Å². The van der Waals surface area contributed by atoms with Gasteiger partial charge in [-0.3, -0.25) is 0 Å². The highest BCUT2D eigenvalue weighted by Gasteiger charge is 2.08. The zero-order chi connectivity index (χ0) is 13.7. The average Bonchev–Trinajstić information content (AvgIpc) is 2.89. The van der Waals surface area contributed by atoms with E-state index in [0.29, 0.717) is 0 Å². The predicted octanol–water partition coefficient (Wildman–Crippen LogP) is 3.38. The Morgan fingerprint density at radius 2 is 2.11 bits per heavy atom. The number of nitrogens with one attached hydrogen (secondary N) is 1. The first-order chi connectivity index (χ1) is 9.26. The van der Waals surface area contributed by atoms with E-state index in [-0.39, 0.29) is 0 Å². The second-order valence-corrected chi connectivity index (χ2v) is 4.86. The lowest BCUT2D eigenvalue weighted by molar-refractivity contribution is 0.675. The molecule has 0 saturated heterocycles. The molecule has 0 aliphatic carbocycles. The van der Waals surface area contributed by atoms with Gasteiger partial charge in [0.2, 0.25) is 0 Å². The van der Waals surface area contributed by atoms with Crippen molar-refractivity contribution in [2.24, 2.45) is 0 Å². The number of hydrogen-bond acceptors (Lipinski definition) is 2. The Hall–Kier alpha value is -1.61. The lowest BCUT2D eigenvalue weighted by Crippen LogP contribution is -2.13. The maximum Gasteiger partial charge on any atom is 0.140 e. The summed E-state index contributed by atoms with van der Waals surface area (Å²) in [5.74, 6) is 1.07. The van der Waals surface area contributed by atoms with Gasteiger partial charge in [-0.25, -0.2) is 4.98 Å². The van der Waals surface area contributed by atoms with Crippen molar-refractivity contribution in [3.8, 4) is 11.4 Å². The summed E-state index contributed by atoms with van der Waals surface area (Å²) in [6.07, 6.45) is 5.08. The largest absolute Gasteiger partial charge is 0.331 e. The molecule has 1 aromatic heterocycles. The second-order valence-electron chi connectivity index (χ2n) is 4.86. The number of rotatable bonds is 6. The second kappa shape index (κ2) is 6.53. The first-order valence-electron chi connectivity index (χ1n) is 7.08. The summed E-state index contributed by atoms with van der Waals surface area (Å²) in [6, 6.07) is 6.64. The SMILES string of the molecule is CCCNCc1ccc(C)c(-c2nccn2CC)c1. The van der Waals surface area contributed by atoms with Gasteiger partial charge in [0.05, 0.1) is 0 Å². The summed E-state index contributed by atoms with van der Waals surface area (Å²) in [5.41, 5.74) is 3.84. The molecule has 0 bridgehead atoms. The molecule has 0 aliphatic heterocycles. The summed E-state index contributed by atoms with van der Waals surface area (Å²) in [5, 5.41) is 3.44. The number of aromatic nitrogens is 2. The number of nitrogens with zero attached hydrogens (tertiary/aromatic N) is 2. The Balaban J connectivity index is 2.27. The summed E-state index contributed by atoms with van der Waals surface area (Å²) >= 11 is 0. The van der Waals surface area contributed by atoms with E-state index < -0.39 is 0 Å². The van der Waals surface area contributed by atoms with E-state index in [1.54, 1.807) is 0 Å². The van der Waals surface area contributed by atoms with Gasteiger partial charge in [0.25, 0.3) is 0 Å². The minimum absolute atomic E-state index is 0.925. The van der Waals surface area contributed by atoms with Crippen molar-refractivity contribution in [1.82, 2.24) is 14.9 Å². The van der Waals surface area contributed by atoms with E-state index in [1.165, 1.54) is 23.1 Å². The minimum atomic E-state index is 0.925. The molecule has 0 spiro atoms. The van der Waals surface area contributed by atoms with Crippen LogP contribution in [-0.2, 0) is 13.1 Å². The molecule has 3 nitrogen and oxygen atoms in total. The Morgan fingerprint density at radius 3 is 2.84 bits per heavy atom. The van der Waals surface area contributed by atoms with Gasteiger partial charge in [0.1, 0.15) is 5.82 Å². The Labute approximate surface area is 115 Å². The third kappa shape index (κ3) is 3.24. The number of hydrogen-bond donors (Lipinski definition) is 1. The fourth-order valence-corrected chi connectivity index (χ4v) is 2.24. The summed E-state index contributed by atoms with van der Waals surface area (Å²) in [6.45, 7) is 9.42. The van der Waals surface area contributed by atoms with Crippen LogP contribution in [0, 0.1) is 6.92 Å². The Kier molecular flexibility index (Phi) is 4.74. The molecule has 0 saturated carbocycles. The first kappa shape index (κ1) is 13.8. The van der Waals surface area contributed by atoms with Gasteiger partial charge >= 0.3 is 0 Å². The summed E-state index contributed by atoms with van der Waals surface area (Å²) in [4.78, 5) is 4.50. The van der Waals surface area contributed by atoms with Crippen LogP contribution < -0.4 is 5.32 Å². The van der Waals surface area contributed by atoms with Crippen molar-refractivity contribution < 1.29 is 0 Å². The number of benzene rings is 1. The molecule has 0 amide bonds. The molecule has 1 aromatic carbocycles. The monoisotopic (exact) mass is 257 g/mol. The zero-order valence-electron chi connectivity index (χ0n) is 12.1. The third-order valence-electron chi connectivity index (χ3n) is 3.35. The fraction of sp³-hybridized carbons (Fsp3) is 0.438. The highest BCUT2D eigenvalue weighted by Crippen LogP contribution is 2.23. The van der Waals surface area contributed by atoms with Crippen LogP contribution in [0.4, 0.5) is 0 Å². The van der Waals surface area contributed by atoms with Gasteiger partial charge in [0, 0.05) is 31.0 Å². The van der Waals surface area contributed by atoms with Gasteiger partial charge in [0.15, 0.2) is 0 Å². The van der Waals surface area contributed by atoms with Crippen molar-refractivity contribution in [3.63, 3.8) is 0 Å². The predicted molar refractivity (Wildman–Crippen MR) is 80.1 cm³/mol. The van der Waals surface area contributed by atoms with E-state index in [2.05, 4.69) is 53.8 Å². The van der Waals surface area contributed by atoms with E-state index in [0.717, 1.165) is 25.5 Å². The molecule has 1 heterocycles. The van der Waals surface area contributed by atoms with Crippen LogP contribution in [0.25, 0.3) is 11.4 Å². The first-order valence-corrected chi connectivity index (χ1v) is 7.08. The van der Waals surface area contributed by atoms with Crippen LogP contribution >= 0.6 is 0 Å². The normalized spacial score (nSPS) is 10.9. The lowest BCUT2D eigenvalue weighted by atomic mass is 10.0. The molecule has 19 heavy (non-hydrogen) atoms. The molecule has 0 unspecified atom stereocenters. The van der Waals surface area contributed by atoms with Crippen LogP contribution in [0.2, 0.25) is 0 Å². The quantitative estimate of drug-likeness (QED) is 0.804. The maximum absolute atomic E-state index is 4.50. The molecule has 0 radical (unpaired) electrons. The number of aryl methyl sites for hydroxylation is 2. The van der Waals surface area contributed by atoms with Crippen LogP contribution in [0.1, 0.15) is 31.4 Å². The van der Waals surface area contributed by atoms with E-state index in [4.69, 9.17) is 0 Å². The molecule has 3 heteroatoms. The lowest BCUT2D eigenvalue weighted by Gasteiger charge is -2.11. The average molecular weight is 257 g/mol. The number of imidazole rings is 1. The molecule has 1 N–H and O–H groups in total. The van der Waals surface area contributed by atoms with E-state index in [9.17, 15) is 0 Å². The topological polar surface area (TPSA) is 29.9 Å². The maximum atomic E-state index is 4.50. The van der Waals surface area contributed by atoms with Crippen molar-refractivity contribution in [2.45, 2.75) is 40.3 Å². The van der Waals surface area contributed by atoms with Gasteiger partial charge in [-0.1, -0.05) is 19.1 Å². The highest BCUT2D eigenvalue weighted by atomic mass is 15.1. The van der Waals surface area contributed by atoms with E-state index >= 15 is 0 Å². The molecule has 0 fully saturated rings. The smallest absolute Gasteiger partial charge is 0.140 e. The molecular weight excluding hydrogens is 234 g/mol. The van der Waals surface area contributed by atoms with Gasteiger partial charge in [-0.15, -0.1) is 0 Å². The minimum Gasteiger partial charge on any atom is -0.331 e. The van der Waals surface area contributed by atoms with Crippen LogP contribution in [0.5, 0.6) is 0 Å². The zero-order valence-corrected chi connectivity index (χ0v) is 12.1. The molecular formula is C16H23N3. The van der Waals surface area contributed by atoms with Gasteiger partial charge < -0.3 is 9.88 Å². The van der Waals surface area contributed by atoms with Gasteiger partial charge in [-0.2, -0.15) is 0 Å². The highest BCUT2D eigenvalue weighted by molar-refractivity contribution is 5.61. The van der Waals surface area contributed by atoms with E-state index in [1.807, 2.05) is 12.4 Å².